The van der Waals surface area contributed by atoms with E-state index in [9.17, 15) is 9.59 Å². The minimum Gasteiger partial charge on any atom is -0.465 e. The number of carbonyl (C=O) groups excluding carboxylic acids is 1. The van der Waals surface area contributed by atoms with Crippen molar-refractivity contribution < 1.29 is 19.4 Å². The molecule has 1 rings (SSSR count). The van der Waals surface area contributed by atoms with Gasteiger partial charge in [-0.1, -0.05) is 5.11 Å². The summed E-state index contributed by atoms with van der Waals surface area (Å²) < 4.78 is 5.13. The van der Waals surface area contributed by atoms with Gasteiger partial charge in [-0.15, -0.1) is 0 Å². The highest BCUT2D eigenvalue weighted by atomic mass is 16.5. The summed E-state index contributed by atoms with van der Waals surface area (Å²) in [5, 5.41) is 16.5. The largest absolute Gasteiger partial charge is 0.465 e. The van der Waals surface area contributed by atoms with Gasteiger partial charge in [0.05, 0.1) is 25.3 Å². The fourth-order valence-corrected chi connectivity index (χ4v) is 1.43. The van der Waals surface area contributed by atoms with E-state index in [1.165, 1.54) is 6.20 Å². The number of azide groups is 1. The number of carboxylic acid groups (broad SMARTS) is 1. The van der Waals surface area contributed by atoms with E-state index in [2.05, 4.69) is 25.6 Å². The summed E-state index contributed by atoms with van der Waals surface area (Å²) in [6, 6.07) is 3.19. The molecule has 0 aliphatic heterocycles. The van der Waals surface area contributed by atoms with Crippen LogP contribution in [0.25, 0.3) is 10.4 Å². The molecule has 10 nitrogen and oxygen atoms in total. The van der Waals surface area contributed by atoms with Crippen molar-refractivity contribution in [3.63, 3.8) is 0 Å². The van der Waals surface area contributed by atoms with Gasteiger partial charge in [-0.3, -0.25) is 9.78 Å². The van der Waals surface area contributed by atoms with Crippen molar-refractivity contribution in [2.45, 2.75) is 6.54 Å². The third kappa shape index (κ3) is 7.08. The molecule has 0 unspecified atom stereocenters. The topological polar surface area (TPSA) is 149 Å². The molecule has 1 heterocycles. The van der Waals surface area contributed by atoms with Gasteiger partial charge in [0.25, 0.3) is 5.91 Å². The third-order valence-corrected chi connectivity index (χ3v) is 2.44. The van der Waals surface area contributed by atoms with Gasteiger partial charge in [0, 0.05) is 29.9 Å². The molecule has 0 saturated carbocycles. The van der Waals surface area contributed by atoms with E-state index in [1.807, 2.05) is 0 Å². The molecule has 1 aromatic rings. The summed E-state index contributed by atoms with van der Waals surface area (Å²) in [6.45, 7) is 1.14. The summed E-state index contributed by atoms with van der Waals surface area (Å²) >= 11 is 0. The molecule has 0 spiro atoms. The Labute approximate surface area is 126 Å². The standard InChI is InChI=1S/C12H16N6O4/c13-18-17-8-10-2-1-9(7-16-10)11(19)14-3-5-22-6-4-15-12(20)21/h1-2,7,15H,3-6,8H2,(H,14,19)(H,20,21). The zero-order valence-electron chi connectivity index (χ0n) is 11.7. The molecule has 0 radical (unpaired) electrons. The van der Waals surface area contributed by atoms with Crippen molar-refractivity contribution in [3.8, 4) is 0 Å². The first-order valence-corrected chi connectivity index (χ1v) is 6.42. The molecule has 0 aliphatic carbocycles. The third-order valence-electron chi connectivity index (χ3n) is 2.44. The van der Waals surface area contributed by atoms with Gasteiger partial charge >= 0.3 is 6.09 Å². The predicted octanol–water partition coefficient (Wildman–Crippen LogP) is 0.906. The van der Waals surface area contributed by atoms with Crippen molar-refractivity contribution >= 4 is 12.0 Å². The van der Waals surface area contributed by atoms with Gasteiger partial charge in [0.15, 0.2) is 0 Å². The van der Waals surface area contributed by atoms with E-state index in [-0.39, 0.29) is 32.2 Å². The van der Waals surface area contributed by atoms with E-state index in [1.54, 1.807) is 12.1 Å². The minimum atomic E-state index is -1.10. The number of hydrogen-bond donors (Lipinski definition) is 3. The van der Waals surface area contributed by atoms with Crippen LogP contribution in [0.2, 0.25) is 0 Å². The Kier molecular flexibility index (Phi) is 7.80. The lowest BCUT2D eigenvalue weighted by atomic mass is 10.2. The smallest absolute Gasteiger partial charge is 0.404 e. The fraction of sp³-hybridized carbons (Fsp3) is 0.417. The Morgan fingerprint density at radius 1 is 1.32 bits per heavy atom. The van der Waals surface area contributed by atoms with E-state index < -0.39 is 6.09 Å². The van der Waals surface area contributed by atoms with Crippen molar-refractivity contribution in [2.24, 2.45) is 5.11 Å². The Morgan fingerprint density at radius 3 is 2.64 bits per heavy atom. The number of pyridine rings is 1. The predicted molar refractivity (Wildman–Crippen MR) is 76.3 cm³/mol. The first-order chi connectivity index (χ1) is 10.6. The van der Waals surface area contributed by atoms with E-state index in [0.717, 1.165) is 0 Å². The summed E-state index contributed by atoms with van der Waals surface area (Å²) in [5.74, 6) is -0.296. The summed E-state index contributed by atoms with van der Waals surface area (Å²) in [7, 11) is 0. The molecule has 22 heavy (non-hydrogen) atoms. The minimum absolute atomic E-state index is 0.136. The molecule has 0 saturated heterocycles. The summed E-state index contributed by atoms with van der Waals surface area (Å²) in [5.41, 5.74) is 9.15. The second-order valence-electron chi connectivity index (χ2n) is 4.03. The van der Waals surface area contributed by atoms with Crippen LogP contribution >= 0.6 is 0 Å². The Bertz CT molecular complexity index is 541. The maximum atomic E-state index is 11.8. The molecule has 0 aliphatic rings. The molecule has 10 heteroatoms. The van der Waals surface area contributed by atoms with Crippen molar-refractivity contribution in [1.29, 1.82) is 0 Å². The highest BCUT2D eigenvalue weighted by Gasteiger charge is 2.05. The van der Waals surface area contributed by atoms with Crippen LogP contribution in [0.3, 0.4) is 0 Å². The average molecular weight is 308 g/mol. The van der Waals surface area contributed by atoms with Crippen LogP contribution in [0.5, 0.6) is 0 Å². The number of ether oxygens (including phenoxy) is 1. The highest BCUT2D eigenvalue weighted by molar-refractivity contribution is 5.93. The Morgan fingerprint density at radius 2 is 2.05 bits per heavy atom. The first-order valence-electron chi connectivity index (χ1n) is 6.42. The molecule has 3 N–H and O–H groups in total. The highest BCUT2D eigenvalue weighted by Crippen LogP contribution is 2.01. The average Bonchev–Trinajstić information content (AvgIpc) is 2.52. The first kappa shape index (κ1) is 17.2. The van der Waals surface area contributed by atoms with Crippen LogP contribution < -0.4 is 10.6 Å². The van der Waals surface area contributed by atoms with Crippen molar-refractivity contribution in [1.82, 2.24) is 15.6 Å². The summed E-state index contributed by atoms with van der Waals surface area (Å²) in [4.78, 5) is 28.6. The molecule has 118 valence electrons. The molecular formula is C12H16N6O4. The molecule has 0 bridgehead atoms. The van der Waals surface area contributed by atoms with Gasteiger partial charge in [0.1, 0.15) is 0 Å². The van der Waals surface area contributed by atoms with E-state index in [4.69, 9.17) is 15.4 Å². The van der Waals surface area contributed by atoms with Gasteiger partial charge in [-0.25, -0.2) is 4.79 Å². The number of amides is 2. The molecule has 0 fully saturated rings. The SMILES string of the molecule is [N-]=[N+]=NCc1ccc(C(=O)NCCOCCNC(=O)O)cn1. The number of hydrogen-bond acceptors (Lipinski definition) is 5. The normalized spacial score (nSPS) is 9.64. The maximum absolute atomic E-state index is 11.8. The van der Waals surface area contributed by atoms with Crippen LogP contribution in [-0.4, -0.2) is 48.4 Å². The zero-order valence-corrected chi connectivity index (χ0v) is 11.7. The lowest BCUT2D eigenvalue weighted by Gasteiger charge is -2.06. The van der Waals surface area contributed by atoms with E-state index >= 15 is 0 Å². The van der Waals surface area contributed by atoms with Crippen LogP contribution in [0.1, 0.15) is 16.1 Å². The Balaban J connectivity index is 2.22. The molecule has 0 atom stereocenters. The lowest BCUT2D eigenvalue weighted by molar-refractivity contribution is 0.0916. The second kappa shape index (κ2) is 9.97. The van der Waals surface area contributed by atoms with Gasteiger partial charge in [0.2, 0.25) is 0 Å². The number of nitrogens with zero attached hydrogens (tertiary/aromatic N) is 4. The number of carbonyl (C=O) groups is 2. The molecule has 2 amide bonds. The van der Waals surface area contributed by atoms with Crippen molar-refractivity contribution in [2.75, 3.05) is 26.3 Å². The fourth-order valence-electron chi connectivity index (χ4n) is 1.43. The van der Waals surface area contributed by atoms with Crippen LogP contribution in [0, 0.1) is 0 Å². The molecule has 0 aromatic carbocycles. The van der Waals surface area contributed by atoms with Gasteiger partial charge in [-0.05, 0) is 17.7 Å². The van der Waals surface area contributed by atoms with Crippen molar-refractivity contribution in [3.05, 3.63) is 40.0 Å². The van der Waals surface area contributed by atoms with Gasteiger partial charge in [-0.2, -0.15) is 0 Å². The monoisotopic (exact) mass is 308 g/mol. The summed E-state index contributed by atoms with van der Waals surface area (Å²) in [6.07, 6.45) is 0.295. The van der Waals surface area contributed by atoms with Crippen LogP contribution in [-0.2, 0) is 11.3 Å². The molecular weight excluding hydrogens is 292 g/mol. The maximum Gasteiger partial charge on any atom is 0.404 e. The zero-order chi connectivity index (χ0) is 16.2. The second-order valence-corrected chi connectivity index (χ2v) is 4.03. The Hall–Kier alpha value is -2.84. The molecule has 1 aromatic heterocycles. The van der Waals surface area contributed by atoms with Gasteiger partial charge < -0.3 is 20.5 Å². The van der Waals surface area contributed by atoms with Crippen LogP contribution in [0.4, 0.5) is 4.79 Å². The number of nitrogens with one attached hydrogen (secondary N) is 2. The van der Waals surface area contributed by atoms with E-state index in [0.29, 0.717) is 17.8 Å². The lowest BCUT2D eigenvalue weighted by Crippen LogP contribution is -2.29. The quantitative estimate of drug-likeness (QED) is 0.268. The van der Waals surface area contributed by atoms with Crippen LogP contribution in [0.15, 0.2) is 23.4 Å². The number of aromatic nitrogens is 1. The number of rotatable bonds is 9.